The van der Waals surface area contributed by atoms with Crippen molar-refractivity contribution in [3.63, 3.8) is 0 Å². The second kappa shape index (κ2) is 7.12. The van der Waals surface area contributed by atoms with E-state index in [4.69, 9.17) is 4.74 Å². The Kier molecular flexibility index (Phi) is 5.47. The minimum atomic E-state index is 0.502. The van der Waals surface area contributed by atoms with Gasteiger partial charge in [0.25, 0.3) is 0 Å². The molecule has 1 fully saturated rings. The van der Waals surface area contributed by atoms with Gasteiger partial charge in [0.2, 0.25) is 0 Å². The van der Waals surface area contributed by atoms with E-state index in [-0.39, 0.29) is 0 Å². The van der Waals surface area contributed by atoms with E-state index in [2.05, 4.69) is 45.1 Å². The number of rotatable bonds is 6. The van der Waals surface area contributed by atoms with Gasteiger partial charge in [0, 0.05) is 6.04 Å². The molecule has 112 valence electrons. The first kappa shape index (κ1) is 15.4. The first-order chi connectivity index (χ1) is 9.61. The fraction of sp³-hybridized carbons (Fsp3) is 0.667. The molecule has 1 atom stereocenters. The van der Waals surface area contributed by atoms with E-state index in [9.17, 15) is 0 Å². The lowest BCUT2D eigenvalue weighted by Gasteiger charge is -2.25. The van der Waals surface area contributed by atoms with Crippen LogP contribution in [0.2, 0.25) is 0 Å². The zero-order valence-electron chi connectivity index (χ0n) is 13.5. The Morgan fingerprint density at radius 2 is 1.75 bits per heavy atom. The normalized spacial score (nSPS) is 17.4. The highest BCUT2D eigenvalue weighted by Crippen LogP contribution is 2.29. The molecule has 1 aromatic rings. The average Bonchev–Trinajstić information content (AvgIpc) is 2.89. The fourth-order valence-electron chi connectivity index (χ4n) is 3.55. The van der Waals surface area contributed by atoms with E-state index in [1.165, 1.54) is 42.4 Å². The van der Waals surface area contributed by atoms with Gasteiger partial charge in [-0.3, -0.25) is 0 Å². The van der Waals surface area contributed by atoms with Crippen LogP contribution in [-0.4, -0.2) is 19.2 Å². The first-order valence-corrected chi connectivity index (χ1v) is 8.05. The molecule has 1 aliphatic rings. The highest BCUT2D eigenvalue weighted by atomic mass is 16.5. The van der Waals surface area contributed by atoms with Crippen molar-refractivity contribution in [1.29, 1.82) is 0 Å². The lowest BCUT2D eigenvalue weighted by Crippen LogP contribution is -2.40. The summed E-state index contributed by atoms with van der Waals surface area (Å²) in [5.41, 5.74) is 3.82. The van der Waals surface area contributed by atoms with Gasteiger partial charge in [-0.15, -0.1) is 0 Å². The minimum Gasteiger partial charge on any atom is -0.491 e. The number of benzene rings is 1. The Labute approximate surface area is 123 Å². The maximum absolute atomic E-state index is 6.19. The maximum atomic E-state index is 6.19. The molecule has 2 nitrogen and oxygen atoms in total. The summed E-state index contributed by atoms with van der Waals surface area (Å²) < 4.78 is 6.19. The summed E-state index contributed by atoms with van der Waals surface area (Å²) in [6.45, 7) is 10.4. The molecule has 1 saturated carbocycles. The molecule has 0 saturated heterocycles. The molecule has 0 aliphatic heterocycles. The monoisotopic (exact) mass is 275 g/mol. The molecule has 0 bridgehead atoms. The van der Waals surface area contributed by atoms with Gasteiger partial charge in [-0.25, -0.2) is 0 Å². The molecule has 1 aliphatic carbocycles. The molecule has 0 aromatic heterocycles. The van der Waals surface area contributed by atoms with Crippen molar-refractivity contribution in [1.82, 2.24) is 5.32 Å². The number of ether oxygens (including phenoxy) is 1. The van der Waals surface area contributed by atoms with E-state index in [0.29, 0.717) is 6.04 Å². The summed E-state index contributed by atoms with van der Waals surface area (Å²) >= 11 is 0. The van der Waals surface area contributed by atoms with Crippen LogP contribution in [0.5, 0.6) is 5.75 Å². The second-order valence-corrected chi connectivity index (χ2v) is 6.25. The number of hydrogen-bond acceptors (Lipinski definition) is 2. The van der Waals surface area contributed by atoms with Crippen LogP contribution >= 0.6 is 0 Å². The summed E-state index contributed by atoms with van der Waals surface area (Å²) in [5, 5.41) is 3.62. The van der Waals surface area contributed by atoms with E-state index in [1.54, 1.807) is 0 Å². The van der Waals surface area contributed by atoms with Crippen molar-refractivity contribution in [3.05, 3.63) is 28.8 Å². The molecule has 1 aromatic carbocycles. The first-order valence-electron chi connectivity index (χ1n) is 8.05. The van der Waals surface area contributed by atoms with Gasteiger partial charge in [-0.2, -0.15) is 0 Å². The summed E-state index contributed by atoms with van der Waals surface area (Å²) in [5.74, 6) is 1.87. The van der Waals surface area contributed by atoms with Crippen LogP contribution in [-0.2, 0) is 0 Å². The number of nitrogens with one attached hydrogen (secondary N) is 1. The minimum absolute atomic E-state index is 0.502. The lowest BCUT2D eigenvalue weighted by molar-refractivity contribution is 0.217. The molecule has 2 heteroatoms. The molecule has 0 heterocycles. The van der Waals surface area contributed by atoms with Crippen molar-refractivity contribution in [2.45, 2.75) is 59.4 Å². The summed E-state index contributed by atoms with van der Waals surface area (Å²) in [4.78, 5) is 0. The van der Waals surface area contributed by atoms with Crippen molar-refractivity contribution in [3.8, 4) is 5.75 Å². The molecule has 20 heavy (non-hydrogen) atoms. The van der Waals surface area contributed by atoms with Crippen molar-refractivity contribution in [2.75, 3.05) is 13.2 Å². The Morgan fingerprint density at radius 1 is 1.15 bits per heavy atom. The van der Waals surface area contributed by atoms with E-state index in [1.807, 2.05) is 0 Å². The Morgan fingerprint density at radius 3 is 2.30 bits per heavy atom. The van der Waals surface area contributed by atoms with Crippen LogP contribution in [0.3, 0.4) is 0 Å². The molecule has 1 N–H and O–H groups in total. The van der Waals surface area contributed by atoms with Gasteiger partial charge in [0.05, 0.1) is 0 Å². The fourth-order valence-corrected chi connectivity index (χ4v) is 3.55. The predicted octanol–water partition coefficient (Wildman–Crippen LogP) is 4.16. The zero-order chi connectivity index (χ0) is 14.5. The lowest BCUT2D eigenvalue weighted by atomic mass is 9.98. The number of hydrogen-bond donors (Lipinski definition) is 1. The second-order valence-electron chi connectivity index (χ2n) is 6.25. The molecular formula is C18H29NO. The number of likely N-dealkylation sites (N-methyl/N-ethyl adjacent to an activating group) is 1. The maximum Gasteiger partial charge on any atom is 0.125 e. The van der Waals surface area contributed by atoms with E-state index in [0.717, 1.165) is 24.8 Å². The molecule has 1 unspecified atom stereocenters. The molecule has 2 rings (SSSR count). The van der Waals surface area contributed by atoms with E-state index < -0.39 is 0 Å². The predicted molar refractivity (Wildman–Crippen MR) is 85.6 cm³/mol. The summed E-state index contributed by atoms with van der Waals surface area (Å²) in [6.07, 6.45) is 5.48. The van der Waals surface area contributed by atoms with Gasteiger partial charge in [-0.1, -0.05) is 37.5 Å². The third-order valence-electron chi connectivity index (χ3n) is 4.45. The van der Waals surface area contributed by atoms with Crippen LogP contribution < -0.4 is 10.1 Å². The van der Waals surface area contributed by atoms with Crippen LogP contribution in [0.1, 0.15) is 49.3 Å². The molecule has 0 radical (unpaired) electrons. The van der Waals surface area contributed by atoms with Crippen LogP contribution in [0.15, 0.2) is 12.1 Å². The molecular weight excluding hydrogens is 246 g/mol. The third kappa shape index (κ3) is 3.76. The highest BCUT2D eigenvalue weighted by molar-refractivity contribution is 5.42. The third-order valence-corrected chi connectivity index (χ3v) is 4.45. The topological polar surface area (TPSA) is 21.3 Å². The van der Waals surface area contributed by atoms with Gasteiger partial charge in [0.1, 0.15) is 12.4 Å². The quantitative estimate of drug-likeness (QED) is 0.841. The van der Waals surface area contributed by atoms with Gasteiger partial charge < -0.3 is 10.1 Å². The number of aryl methyl sites for hydroxylation is 3. The standard InChI is InChI=1S/C18H29NO/c1-5-19-17(16-8-6-7-9-16)12-20-18-14(3)10-13(2)11-15(18)4/h10-11,16-17,19H,5-9,12H2,1-4H3. The largest absolute Gasteiger partial charge is 0.491 e. The Hall–Kier alpha value is -1.02. The molecule has 0 amide bonds. The molecule has 0 spiro atoms. The van der Waals surface area contributed by atoms with Gasteiger partial charge in [-0.05, 0) is 57.2 Å². The van der Waals surface area contributed by atoms with Crippen LogP contribution in [0.25, 0.3) is 0 Å². The van der Waals surface area contributed by atoms with Crippen molar-refractivity contribution < 1.29 is 4.74 Å². The smallest absolute Gasteiger partial charge is 0.125 e. The summed E-state index contributed by atoms with van der Waals surface area (Å²) in [6, 6.07) is 4.92. The highest BCUT2D eigenvalue weighted by Gasteiger charge is 2.25. The zero-order valence-corrected chi connectivity index (χ0v) is 13.5. The van der Waals surface area contributed by atoms with Gasteiger partial charge >= 0.3 is 0 Å². The van der Waals surface area contributed by atoms with E-state index >= 15 is 0 Å². The Balaban J connectivity index is 2.01. The average molecular weight is 275 g/mol. The summed E-state index contributed by atoms with van der Waals surface area (Å²) in [7, 11) is 0. The van der Waals surface area contributed by atoms with Crippen LogP contribution in [0.4, 0.5) is 0 Å². The van der Waals surface area contributed by atoms with Crippen molar-refractivity contribution in [2.24, 2.45) is 5.92 Å². The SMILES string of the molecule is CCNC(COc1c(C)cc(C)cc1C)C1CCCC1. The van der Waals surface area contributed by atoms with Gasteiger partial charge in [0.15, 0.2) is 0 Å². The Bertz CT molecular complexity index is 412. The van der Waals surface area contributed by atoms with Crippen LogP contribution in [0, 0.1) is 26.7 Å². The van der Waals surface area contributed by atoms with Crippen molar-refractivity contribution >= 4 is 0 Å².